The van der Waals surface area contributed by atoms with E-state index in [0.717, 1.165) is 0 Å². The Labute approximate surface area is 121 Å². The van der Waals surface area contributed by atoms with Crippen molar-refractivity contribution in [2.75, 3.05) is 17.7 Å². The third kappa shape index (κ3) is 3.38. The van der Waals surface area contributed by atoms with Gasteiger partial charge in [-0.3, -0.25) is 15.2 Å². The van der Waals surface area contributed by atoms with Crippen LogP contribution in [-0.2, 0) is 4.74 Å². The third-order valence-corrected chi connectivity index (χ3v) is 2.93. The predicted octanol–water partition coefficient (Wildman–Crippen LogP) is 2.46. The van der Waals surface area contributed by atoms with E-state index in [0.29, 0.717) is 28.3 Å². The molecule has 7 nitrogen and oxygen atoms in total. The fourth-order valence-electron chi connectivity index (χ4n) is 1.88. The first-order valence-electron chi connectivity index (χ1n) is 6.29. The second kappa shape index (κ2) is 6.08. The van der Waals surface area contributed by atoms with Crippen LogP contribution in [-0.4, -0.2) is 29.3 Å². The number of amides is 2. The van der Waals surface area contributed by atoms with Crippen LogP contribution < -0.4 is 10.6 Å². The summed E-state index contributed by atoms with van der Waals surface area (Å²) in [7, 11) is 1.29. The molecule has 0 fully saturated rings. The van der Waals surface area contributed by atoms with Gasteiger partial charge in [0.2, 0.25) is 0 Å². The zero-order valence-corrected chi connectivity index (χ0v) is 12.0. The number of nitrogens with zero attached hydrogens (tertiary/aromatic N) is 1. The lowest BCUT2D eigenvalue weighted by Crippen LogP contribution is -2.14. The van der Waals surface area contributed by atoms with Gasteiger partial charge in [0.25, 0.3) is 5.91 Å². The number of ether oxygens (including phenoxy) is 1. The molecule has 0 aliphatic rings. The van der Waals surface area contributed by atoms with E-state index in [2.05, 4.69) is 25.6 Å². The highest BCUT2D eigenvalue weighted by Gasteiger charge is 2.15. The summed E-state index contributed by atoms with van der Waals surface area (Å²) in [5.41, 5.74) is 3.10. The van der Waals surface area contributed by atoms with Crippen molar-refractivity contribution in [3.05, 3.63) is 41.2 Å². The number of carbonyl (C=O) groups is 2. The van der Waals surface area contributed by atoms with Gasteiger partial charge in [-0.1, -0.05) is 0 Å². The first-order valence-corrected chi connectivity index (χ1v) is 6.29. The summed E-state index contributed by atoms with van der Waals surface area (Å²) < 4.78 is 4.49. The Balaban J connectivity index is 2.07. The predicted molar refractivity (Wildman–Crippen MR) is 78.5 cm³/mol. The van der Waals surface area contributed by atoms with Crippen LogP contribution in [0.5, 0.6) is 0 Å². The number of benzene rings is 1. The molecule has 7 heteroatoms. The zero-order valence-electron chi connectivity index (χ0n) is 12.0. The molecule has 0 bridgehead atoms. The van der Waals surface area contributed by atoms with Crippen molar-refractivity contribution in [2.45, 2.75) is 13.8 Å². The van der Waals surface area contributed by atoms with E-state index in [1.807, 2.05) is 0 Å². The average Bonchev–Trinajstić information content (AvgIpc) is 2.80. The molecular formula is C14H16N4O3. The Morgan fingerprint density at radius 3 is 2.14 bits per heavy atom. The number of H-pyrrole nitrogens is 1. The number of rotatable bonds is 3. The van der Waals surface area contributed by atoms with Gasteiger partial charge in [0, 0.05) is 17.1 Å². The maximum absolute atomic E-state index is 12.2. The number of hydrogen-bond acceptors (Lipinski definition) is 4. The van der Waals surface area contributed by atoms with Crippen LogP contribution in [0.25, 0.3) is 0 Å². The number of aromatic amines is 1. The lowest BCUT2D eigenvalue weighted by atomic mass is 10.2. The summed E-state index contributed by atoms with van der Waals surface area (Å²) in [5, 5.41) is 12.1. The summed E-state index contributed by atoms with van der Waals surface area (Å²) in [6.07, 6.45) is -0.545. The number of methoxy groups -OCH3 is 1. The lowest BCUT2D eigenvalue weighted by Gasteiger charge is -2.07. The number of hydrogen-bond donors (Lipinski definition) is 3. The Morgan fingerprint density at radius 1 is 1.10 bits per heavy atom. The van der Waals surface area contributed by atoms with Crippen LogP contribution in [0, 0.1) is 13.8 Å². The van der Waals surface area contributed by atoms with Gasteiger partial charge in [-0.05, 0) is 38.1 Å². The highest BCUT2D eigenvalue weighted by Crippen LogP contribution is 2.16. The molecule has 110 valence electrons. The Morgan fingerprint density at radius 2 is 1.67 bits per heavy atom. The molecule has 1 heterocycles. The van der Waals surface area contributed by atoms with Gasteiger partial charge in [0.05, 0.1) is 18.4 Å². The topological polar surface area (TPSA) is 96.1 Å². The van der Waals surface area contributed by atoms with Crippen molar-refractivity contribution >= 4 is 23.4 Å². The second-order valence-corrected chi connectivity index (χ2v) is 4.46. The maximum Gasteiger partial charge on any atom is 0.411 e. The molecule has 0 aliphatic heterocycles. The van der Waals surface area contributed by atoms with Gasteiger partial charge in [-0.25, -0.2) is 4.79 Å². The van der Waals surface area contributed by atoms with E-state index in [-0.39, 0.29) is 5.91 Å². The molecule has 0 saturated carbocycles. The van der Waals surface area contributed by atoms with Crippen molar-refractivity contribution < 1.29 is 14.3 Å². The standard InChI is InChI=1S/C14H16N4O3/c1-8-12(9(2)18-17-8)13(19)15-10-4-6-11(7-5-10)16-14(20)21-3/h4-7H,1-3H3,(H,15,19)(H,16,20)(H,17,18). The first-order chi connectivity index (χ1) is 10.0. The highest BCUT2D eigenvalue weighted by molar-refractivity contribution is 6.05. The fourth-order valence-corrected chi connectivity index (χ4v) is 1.88. The molecule has 2 aromatic rings. The molecule has 2 rings (SSSR count). The van der Waals surface area contributed by atoms with Crippen molar-refractivity contribution in [3.63, 3.8) is 0 Å². The largest absolute Gasteiger partial charge is 0.453 e. The molecule has 1 aromatic carbocycles. The number of anilines is 2. The Bertz CT molecular complexity index is 642. The average molecular weight is 288 g/mol. The number of aryl methyl sites for hydroxylation is 2. The molecule has 1 aromatic heterocycles. The van der Waals surface area contributed by atoms with Crippen molar-refractivity contribution in [3.8, 4) is 0 Å². The summed E-state index contributed by atoms with van der Waals surface area (Å²) in [4.78, 5) is 23.2. The zero-order chi connectivity index (χ0) is 15.4. The van der Waals surface area contributed by atoms with Gasteiger partial charge in [0.1, 0.15) is 0 Å². The molecule has 0 unspecified atom stereocenters. The Hall–Kier alpha value is -2.83. The van der Waals surface area contributed by atoms with Crippen LogP contribution >= 0.6 is 0 Å². The van der Waals surface area contributed by atoms with Crippen LogP contribution in [0.1, 0.15) is 21.7 Å². The quantitative estimate of drug-likeness (QED) is 0.808. The smallest absolute Gasteiger partial charge is 0.411 e. The number of carbonyl (C=O) groups excluding carboxylic acids is 2. The molecular weight excluding hydrogens is 272 g/mol. The molecule has 3 N–H and O–H groups in total. The van der Waals surface area contributed by atoms with E-state index < -0.39 is 6.09 Å². The van der Waals surface area contributed by atoms with Gasteiger partial charge >= 0.3 is 6.09 Å². The van der Waals surface area contributed by atoms with Gasteiger partial charge in [-0.15, -0.1) is 0 Å². The lowest BCUT2D eigenvalue weighted by molar-refractivity contribution is 0.102. The van der Waals surface area contributed by atoms with Crippen molar-refractivity contribution in [1.82, 2.24) is 10.2 Å². The van der Waals surface area contributed by atoms with Crippen LogP contribution in [0.2, 0.25) is 0 Å². The Kier molecular flexibility index (Phi) is 4.22. The first kappa shape index (κ1) is 14.6. The van der Waals surface area contributed by atoms with Crippen LogP contribution in [0.15, 0.2) is 24.3 Å². The highest BCUT2D eigenvalue weighted by atomic mass is 16.5. The minimum atomic E-state index is -0.545. The fraction of sp³-hybridized carbons (Fsp3) is 0.214. The maximum atomic E-state index is 12.2. The summed E-state index contributed by atoms with van der Waals surface area (Å²) in [6, 6.07) is 6.71. The molecule has 0 aliphatic carbocycles. The van der Waals surface area contributed by atoms with Gasteiger partial charge in [0.15, 0.2) is 0 Å². The van der Waals surface area contributed by atoms with E-state index in [1.54, 1.807) is 38.1 Å². The molecule has 21 heavy (non-hydrogen) atoms. The van der Waals surface area contributed by atoms with E-state index >= 15 is 0 Å². The summed E-state index contributed by atoms with van der Waals surface area (Å²) in [5.74, 6) is -0.229. The minimum Gasteiger partial charge on any atom is -0.453 e. The summed E-state index contributed by atoms with van der Waals surface area (Å²) >= 11 is 0. The summed E-state index contributed by atoms with van der Waals surface area (Å²) in [6.45, 7) is 3.56. The molecule has 0 radical (unpaired) electrons. The molecule has 0 spiro atoms. The normalized spacial score (nSPS) is 10.0. The third-order valence-electron chi connectivity index (χ3n) is 2.93. The van der Waals surface area contributed by atoms with Crippen LogP contribution in [0.3, 0.4) is 0 Å². The number of aromatic nitrogens is 2. The van der Waals surface area contributed by atoms with Gasteiger partial charge in [-0.2, -0.15) is 5.10 Å². The van der Waals surface area contributed by atoms with E-state index in [1.165, 1.54) is 7.11 Å². The van der Waals surface area contributed by atoms with Crippen molar-refractivity contribution in [1.29, 1.82) is 0 Å². The minimum absolute atomic E-state index is 0.229. The molecule has 0 atom stereocenters. The molecule has 2 amide bonds. The van der Waals surface area contributed by atoms with E-state index in [9.17, 15) is 9.59 Å². The monoisotopic (exact) mass is 288 g/mol. The van der Waals surface area contributed by atoms with Crippen LogP contribution in [0.4, 0.5) is 16.2 Å². The van der Waals surface area contributed by atoms with Crippen molar-refractivity contribution in [2.24, 2.45) is 0 Å². The van der Waals surface area contributed by atoms with E-state index in [4.69, 9.17) is 0 Å². The second-order valence-electron chi connectivity index (χ2n) is 4.46. The number of nitrogens with one attached hydrogen (secondary N) is 3. The van der Waals surface area contributed by atoms with Gasteiger partial charge < -0.3 is 10.1 Å². The molecule has 0 saturated heterocycles. The SMILES string of the molecule is COC(=O)Nc1ccc(NC(=O)c2c(C)n[nH]c2C)cc1.